The number of anilines is 2. The molecule has 1 aromatic carbocycles. The van der Waals surface area contributed by atoms with Crippen molar-refractivity contribution in [2.45, 2.75) is 0 Å². The first-order valence-electron chi connectivity index (χ1n) is 8.02. The maximum atomic E-state index is 7.81. The van der Waals surface area contributed by atoms with Crippen LogP contribution < -0.4 is 20.9 Å². The van der Waals surface area contributed by atoms with Crippen molar-refractivity contribution >= 4 is 17.2 Å². The molecule has 4 N–H and O–H groups in total. The fourth-order valence-corrected chi connectivity index (χ4v) is 3.10. The van der Waals surface area contributed by atoms with Gasteiger partial charge in [-0.25, -0.2) is 0 Å². The highest BCUT2D eigenvalue weighted by atomic mass is 15.3. The third kappa shape index (κ3) is 3.34. The van der Waals surface area contributed by atoms with Gasteiger partial charge in [-0.15, -0.1) is 0 Å². The summed E-state index contributed by atoms with van der Waals surface area (Å²) in [5.74, 6) is 0.146. The zero-order valence-corrected chi connectivity index (χ0v) is 13.3. The Kier molecular flexibility index (Phi) is 4.49. The fraction of sp³-hybridized carbons (Fsp3) is 0.562. The molecule has 120 valence electrons. The zero-order chi connectivity index (χ0) is 15.5. The summed E-state index contributed by atoms with van der Waals surface area (Å²) in [5.41, 5.74) is 8.96. The van der Waals surface area contributed by atoms with Gasteiger partial charge in [-0.3, -0.25) is 5.41 Å². The number of amidine groups is 1. The van der Waals surface area contributed by atoms with Crippen LogP contribution in [0.4, 0.5) is 11.4 Å². The van der Waals surface area contributed by atoms with E-state index in [0.29, 0.717) is 0 Å². The average Bonchev–Trinajstić information content (AvgIpc) is 2.56. The van der Waals surface area contributed by atoms with Crippen molar-refractivity contribution in [3.8, 4) is 0 Å². The van der Waals surface area contributed by atoms with Crippen molar-refractivity contribution in [1.82, 2.24) is 10.2 Å². The van der Waals surface area contributed by atoms with E-state index in [2.05, 4.69) is 39.2 Å². The lowest BCUT2D eigenvalue weighted by atomic mass is 10.1. The Morgan fingerprint density at radius 3 is 2.05 bits per heavy atom. The van der Waals surface area contributed by atoms with Crippen molar-refractivity contribution in [2.75, 3.05) is 69.2 Å². The van der Waals surface area contributed by atoms with E-state index >= 15 is 0 Å². The maximum Gasteiger partial charge on any atom is 0.122 e. The molecule has 3 rings (SSSR count). The van der Waals surface area contributed by atoms with Crippen molar-refractivity contribution in [3.63, 3.8) is 0 Å². The van der Waals surface area contributed by atoms with Crippen LogP contribution in [0.1, 0.15) is 5.56 Å². The molecule has 2 aliphatic rings. The van der Waals surface area contributed by atoms with Gasteiger partial charge < -0.3 is 25.8 Å². The molecule has 6 nitrogen and oxygen atoms in total. The standard InChI is InChI=1S/C16H26N6/c1-20-6-8-22(9-7-20)15-11-13(16(17)18)10-14(12-15)21-4-2-19-3-5-21/h10-12,19H,2-9H2,1H3,(H3,17,18). The minimum atomic E-state index is 0.146. The Morgan fingerprint density at radius 2 is 1.50 bits per heavy atom. The number of hydrogen-bond donors (Lipinski definition) is 3. The van der Waals surface area contributed by atoms with E-state index in [9.17, 15) is 0 Å². The Bertz CT molecular complexity index is 529. The van der Waals surface area contributed by atoms with Crippen LogP contribution >= 0.6 is 0 Å². The minimum Gasteiger partial charge on any atom is -0.384 e. The minimum absolute atomic E-state index is 0.146. The number of nitrogens with one attached hydrogen (secondary N) is 2. The predicted octanol–water partition coefficient (Wildman–Crippen LogP) is 0.132. The summed E-state index contributed by atoms with van der Waals surface area (Å²) in [7, 11) is 2.16. The first kappa shape index (κ1) is 15.1. The monoisotopic (exact) mass is 302 g/mol. The van der Waals surface area contributed by atoms with E-state index in [4.69, 9.17) is 11.1 Å². The number of hydrogen-bond acceptors (Lipinski definition) is 5. The van der Waals surface area contributed by atoms with Gasteiger partial charge in [0, 0.05) is 69.3 Å². The second-order valence-corrected chi connectivity index (χ2v) is 6.18. The molecule has 0 unspecified atom stereocenters. The molecular weight excluding hydrogens is 276 g/mol. The van der Waals surface area contributed by atoms with Gasteiger partial charge >= 0.3 is 0 Å². The quantitative estimate of drug-likeness (QED) is 0.547. The number of nitrogen functional groups attached to an aromatic ring is 1. The normalized spacial score (nSPS) is 20.2. The van der Waals surface area contributed by atoms with Crippen LogP contribution in [0.2, 0.25) is 0 Å². The molecule has 0 saturated carbocycles. The number of rotatable bonds is 3. The zero-order valence-electron chi connectivity index (χ0n) is 13.3. The highest BCUT2D eigenvalue weighted by Gasteiger charge is 2.18. The van der Waals surface area contributed by atoms with Crippen LogP contribution in [0.15, 0.2) is 18.2 Å². The summed E-state index contributed by atoms with van der Waals surface area (Å²) >= 11 is 0. The van der Waals surface area contributed by atoms with Crippen LogP contribution in [0.25, 0.3) is 0 Å². The average molecular weight is 302 g/mol. The van der Waals surface area contributed by atoms with E-state index in [0.717, 1.165) is 57.9 Å². The molecule has 0 radical (unpaired) electrons. The summed E-state index contributed by atoms with van der Waals surface area (Å²) in [6.07, 6.45) is 0. The van der Waals surface area contributed by atoms with Crippen molar-refractivity contribution in [1.29, 1.82) is 5.41 Å². The fourth-order valence-electron chi connectivity index (χ4n) is 3.10. The molecule has 22 heavy (non-hydrogen) atoms. The van der Waals surface area contributed by atoms with Gasteiger partial charge in [0.25, 0.3) is 0 Å². The van der Waals surface area contributed by atoms with Crippen molar-refractivity contribution < 1.29 is 0 Å². The third-order valence-electron chi connectivity index (χ3n) is 4.56. The Hall–Kier alpha value is -1.79. The second kappa shape index (κ2) is 6.54. The third-order valence-corrected chi connectivity index (χ3v) is 4.56. The summed E-state index contributed by atoms with van der Waals surface area (Å²) < 4.78 is 0. The maximum absolute atomic E-state index is 7.81. The summed E-state index contributed by atoms with van der Waals surface area (Å²) in [5, 5.41) is 11.2. The number of benzene rings is 1. The van der Waals surface area contributed by atoms with Crippen molar-refractivity contribution in [3.05, 3.63) is 23.8 Å². The molecule has 0 spiro atoms. The summed E-state index contributed by atoms with van der Waals surface area (Å²) in [6.45, 7) is 8.23. The largest absolute Gasteiger partial charge is 0.384 e. The topological polar surface area (TPSA) is 71.6 Å². The summed E-state index contributed by atoms with van der Waals surface area (Å²) in [6, 6.07) is 6.36. The first-order chi connectivity index (χ1) is 10.6. The molecule has 0 amide bonds. The highest BCUT2D eigenvalue weighted by Crippen LogP contribution is 2.26. The molecule has 6 heteroatoms. The van der Waals surface area contributed by atoms with Gasteiger partial charge in [0.05, 0.1) is 0 Å². The number of piperazine rings is 2. The SMILES string of the molecule is CN1CCN(c2cc(C(=N)N)cc(N3CCNCC3)c2)CC1. The lowest BCUT2D eigenvalue weighted by Crippen LogP contribution is -2.45. The smallest absolute Gasteiger partial charge is 0.122 e. The van der Waals surface area contributed by atoms with Crippen LogP contribution in [0.3, 0.4) is 0 Å². The van der Waals surface area contributed by atoms with Gasteiger partial charge in [-0.2, -0.15) is 0 Å². The van der Waals surface area contributed by atoms with Gasteiger partial charge in [0.2, 0.25) is 0 Å². The summed E-state index contributed by atoms with van der Waals surface area (Å²) in [4.78, 5) is 7.13. The van der Waals surface area contributed by atoms with Crippen LogP contribution in [0, 0.1) is 5.41 Å². The van der Waals surface area contributed by atoms with Gasteiger partial charge in [-0.05, 0) is 25.2 Å². The molecule has 0 bridgehead atoms. The first-order valence-corrected chi connectivity index (χ1v) is 8.02. The van der Waals surface area contributed by atoms with E-state index in [-0.39, 0.29) is 5.84 Å². The van der Waals surface area contributed by atoms with E-state index < -0.39 is 0 Å². The van der Waals surface area contributed by atoms with Gasteiger partial charge in [-0.1, -0.05) is 0 Å². The second-order valence-electron chi connectivity index (χ2n) is 6.18. The predicted molar refractivity (Wildman–Crippen MR) is 92.3 cm³/mol. The van der Waals surface area contributed by atoms with Gasteiger partial charge in [0.1, 0.15) is 5.84 Å². The molecule has 0 atom stereocenters. The molecule has 2 heterocycles. The molecule has 0 aromatic heterocycles. The van der Waals surface area contributed by atoms with Gasteiger partial charge in [0.15, 0.2) is 0 Å². The number of nitrogens with two attached hydrogens (primary N) is 1. The van der Waals surface area contributed by atoms with Crippen LogP contribution in [-0.4, -0.2) is 70.1 Å². The number of nitrogens with zero attached hydrogens (tertiary/aromatic N) is 3. The Morgan fingerprint density at radius 1 is 0.955 bits per heavy atom. The van der Waals surface area contributed by atoms with Crippen LogP contribution in [-0.2, 0) is 0 Å². The molecule has 2 fully saturated rings. The molecule has 2 saturated heterocycles. The van der Waals surface area contributed by atoms with Crippen molar-refractivity contribution in [2.24, 2.45) is 5.73 Å². The molecule has 1 aromatic rings. The Balaban J connectivity index is 1.88. The lowest BCUT2D eigenvalue weighted by molar-refractivity contribution is 0.313. The molecule has 2 aliphatic heterocycles. The molecule has 0 aliphatic carbocycles. The lowest BCUT2D eigenvalue weighted by Gasteiger charge is -2.36. The van der Waals surface area contributed by atoms with E-state index in [1.165, 1.54) is 11.4 Å². The number of likely N-dealkylation sites (N-methyl/N-ethyl adjacent to an activating group) is 1. The highest BCUT2D eigenvalue weighted by molar-refractivity contribution is 5.97. The Labute approximate surface area is 132 Å². The van der Waals surface area contributed by atoms with E-state index in [1.807, 2.05) is 6.07 Å². The molecular formula is C16H26N6. The van der Waals surface area contributed by atoms with Crippen LogP contribution in [0.5, 0.6) is 0 Å². The van der Waals surface area contributed by atoms with E-state index in [1.54, 1.807) is 0 Å².